The van der Waals surface area contributed by atoms with Gasteiger partial charge in [0.2, 0.25) is 5.72 Å². The van der Waals surface area contributed by atoms with Gasteiger partial charge in [0.15, 0.2) is 5.83 Å². The average molecular weight is 422 g/mol. The lowest BCUT2D eigenvalue weighted by Crippen LogP contribution is -2.46. The van der Waals surface area contributed by atoms with Crippen LogP contribution in [0.3, 0.4) is 0 Å². The van der Waals surface area contributed by atoms with E-state index in [1.165, 1.54) is 31.0 Å². The highest BCUT2D eigenvalue weighted by atomic mass is 19.1. The minimum Gasteiger partial charge on any atom is -0.354 e. The number of rotatable bonds is 5. The molecule has 4 rings (SSSR count). The van der Waals surface area contributed by atoms with Crippen LogP contribution in [0.15, 0.2) is 72.5 Å². The van der Waals surface area contributed by atoms with Crippen molar-refractivity contribution in [2.45, 2.75) is 25.1 Å². The van der Waals surface area contributed by atoms with Crippen LogP contribution >= 0.6 is 0 Å². The number of hydrogen-bond acceptors (Lipinski definition) is 5. The van der Waals surface area contributed by atoms with E-state index in [-0.39, 0.29) is 5.56 Å². The van der Waals surface area contributed by atoms with Gasteiger partial charge < -0.3 is 10.1 Å². The molecule has 1 atom stereocenters. The molecule has 2 aromatic rings. The number of pyridine rings is 1. The van der Waals surface area contributed by atoms with Crippen LogP contribution in [-0.4, -0.2) is 30.1 Å². The summed E-state index contributed by atoms with van der Waals surface area (Å²) in [5, 5.41) is 13.0. The number of benzene rings is 1. The van der Waals surface area contributed by atoms with E-state index in [1.54, 1.807) is 6.20 Å². The van der Waals surface area contributed by atoms with Crippen LogP contribution in [0.25, 0.3) is 0 Å². The molecule has 2 aliphatic rings. The number of allylic oxidation sites excluding steroid dienone is 2. The SMILES string of the molecule is COC1(c2cncc(F)c2)NC=C(C2(C#N)CCN(Cc3ccccc3)CC2)C=C1F. The van der Waals surface area contributed by atoms with Gasteiger partial charge in [0.05, 0.1) is 17.7 Å². The van der Waals surface area contributed by atoms with E-state index < -0.39 is 22.8 Å². The minimum atomic E-state index is -1.66. The maximum Gasteiger partial charge on any atom is 0.219 e. The fourth-order valence-electron chi connectivity index (χ4n) is 4.30. The van der Waals surface area contributed by atoms with Gasteiger partial charge in [0.1, 0.15) is 5.82 Å². The largest absolute Gasteiger partial charge is 0.354 e. The molecule has 0 amide bonds. The third-order valence-electron chi connectivity index (χ3n) is 6.19. The van der Waals surface area contributed by atoms with Crippen LogP contribution in [0.1, 0.15) is 24.0 Å². The average Bonchev–Trinajstić information content (AvgIpc) is 2.80. The summed E-state index contributed by atoms with van der Waals surface area (Å²) in [7, 11) is 1.34. The van der Waals surface area contributed by atoms with Crippen LogP contribution in [-0.2, 0) is 17.0 Å². The van der Waals surface area contributed by atoms with Gasteiger partial charge in [-0.15, -0.1) is 0 Å². The van der Waals surface area contributed by atoms with Gasteiger partial charge in [-0.25, -0.2) is 8.78 Å². The van der Waals surface area contributed by atoms with Crippen molar-refractivity contribution < 1.29 is 13.5 Å². The zero-order chi connectivity index (χ0) is 21.9. The predicted molar refractivity (Wildman–Crippen MR) is 112 cm³/mol. The van der Waals surface area contributed by atoms with Crippen molar-refractivity contribution >= 4 is 0 Å². The van der Waals surface area contributed by atoms with Crippen molar-refractivity contribution in [3.63, 3.8) is 0 Å². The maximum absolute atomic E-state index is 15.4. The van der Waals surface area contributed by atoms with Crippen molar-refractivity contribution in [3.8, 4) is 6.07 Å². The summed E-state index contributed by atoms with van der Waals surface area (Å²) in [5.41, 5.74) is -0.447. The monoisotopic (exact) mass is 422 g/mol. The Morgan fingerprint density at radius 3 is 2.55 bits per heavy atom. The lowest BCUT2D eigenvalue weighted by Gasteiger charge is -2.41. The van der Waals surface area contributed by atoms with Crippen molar-refractivity contribution in [1.82, 2.24) is 15.2 Å². The number of nitrogens with zero attached hydrogens (tertiary/aromatic N) is 3. The zero-order valence-corrected chi connectivity index (χ0v) is 17.3. The number of aromatic nitrogens is 1. The number of nitriles is 1. The number of hydrogen-bond donors (Lipinski definition) is 1. The Labute approximate surface area is 180 Å². The van der Waals surface area contributed by atoms with Crippen molar-refractivity contribution in [2.24, 2.45) is 5.41 Å². The molecule has 31 heavy (non-hydrogen) atoms. The molecule has 0 saturated carbocycles. The van der Waals surface area contributed by atoms with Crippen LogP contribution < -0.4 is 5.32 Å². The summed E-state index contributed by atoms with van der Waals surface area (Å²) in [6.45, 7) is 2.29. The molecule has 0 spiro atoms. The molecule has 3 heterocycles. The maximum atomic E-state index is 15.4. The Bertz CT molecular complexity index is 1040. The molecule has 2 aliphatic heterocycles. The molecule has 0 radical (unpaired) electrons. The van der Waals surface area contributed by atoms with Crippen LogP contribution in [0.2, 0.25) is 0 Å². The smallest absolute Gasteiger partial charge is 0.219 e. The van der Waals surface area contributed by atoms with Gasteiger partial charge in [0.25, 0.3) is 0 Å². The highest BCUT2D eigenvalue weighted by Gasteiger charge is 2.44. The molecule has 1 unspecified atom stereocenters. The first-order valence-corrected chi connectivity index (χ1v) is 10.2. The summed E-state index contributed by atoms with van der Waals surface area (Å²) >= 11 is 0. The molecule has 7 heteroatoms. The molecular formula is C24H24F2N4O. The highest BCUT2D eigenvalue weighted by Crippen LogP contribution is 2.44. The molecule has 1 N–H and O–H groups in total. The quantitative estimate of drug-likeness (QED) is 0.784. The second-order valence-electron chi connectivity index (χ2n) is 7.97. The molecule has 1 saturated heterocycles. The second kappa shape index (κ2) is 8.58. The Hall–Kier alpha value is -3.08. The molecule has 1 aromatic carbocycles. The fraction of sp³-hybridized carbons (Fsp3) is 0.333. The molecule has 0 bridgehead atoms. The standard InChI is InChI=1S/C24H24F2N4O/c1-31-24(20-11-21(25)15-28-13-20)22(26)12-19(14-29-24)23(17-27)7-9-30(10-8-23)16-18-5-3-2-4-6-18/h2-6,11-15,29H,7-10,16H2,1H3. The Balaban J connectivity index is 1.52. The van der Waals surface area contributed by atoms with E-state index in [0.717, 1.165) is 25.8 Å². The molecule has 5 nitrogen and oxygen atoms in total. The predicted octanol–water partition coefficient (Wildman–Crippen LogP) is 4.17. The van der Waals surface area contributed by atoms with E-state index in [2.05, 4.69) is 33.4 Å². The summed E-state index contributed by atoms with van der Waals surface area (Å²) in [6.07, 6.45) is 6.55. The number of nitrogens with one attached hydrogen (secondary N) is 1. The number of likely N-dealkylation sites (tertiary alicyclic amines) is 1. The van der Waals surface area contributed by atoms with Crippen molar-refractivity contribution in [2.75, 3.05) is 20.2 Å². The first-order valence-electron chi connectivity index (χ1n) is 10.2. The lowest BCUT2D eigenvalue weighted by atomic mass is 9.72. The number of dihydropyridines is 1. The Kier molecular flexibility index (Phi) is 5.86. The van der Waals surface area contributed by atoms with Gasteiger partial charge in [-0.2, -0.15) is 5.26 Å². The first kappa shape index (κ1) is 21.2. The number of halogens is 2. The molecule has 1 aromatic heterocycles. The summed E-state index contributed by atoms with van der Waals surface area (Å²) in [4.78, 5) is 6.11. The first-order chi connectivity index (χ1) is 15.0. The zero-order valence-electron chi connectivity index (χ0n) is 17.3. The Morgan fingerprint density at radius 2 is 1.94 bits per heavy atom. The third kappa shape index (κ3) is 3.97. The molecule has 1 fully saturated rings. The normalized spacial score (nSPS) is 23.3. The van der Waals surface area contributed by atoms with Crippen molar-refractivity contribution in [1.29, 1.82) is 5.26 Å². The summed E-state index contributed by atoms with van der Waals surface area (Å²) in [5.74, 6) is -1.22. The molecule has 160 valence electrons. The third-order valence-corrected chi connectivity index (χ3v) is 6.19. The molecular weight excluding hydrogens is 398 g/mol. The van der Waals surface area contributed by atoms with E-state index in [1.807, 2.05) is 18.2 Å². The van der Waals surface area contributed by atoms with E-state index in [0.29, 0.717) is 18.4 Å². The van der Waals surface area contributed by atoms with Gasteiger partial charge in [0, 0.05) is 44.7 Å². The minimum absolute atomic E-state index is 0.211. The van der Waals surface area contributed by atoms with E-state index >= 15 is 4.39 Å². The van der Waals surface area contributed by atoms with E-state index in [9.17, 15) is 9.65 Å². The van der Waals surface area contributed by atoms with Crippen LogP contribution in [0.5, 0.6) is 0 Å². The second-order valence-corrected chi connectivity index (χ2v) is 7.97. The Morgan fingerprint density at radius 1 is 1.19 bits per heavy atom. The topological polar surface area (TPSA) is 61.2 Å². The van der Waals surface area contributed by atoms with Crippen LogP contribution in [0, 0.1) is 22.6 Å². The number of methoxy groups -OCH3 is 1. The van der Waals surface area contributed by atoms with Gasteiger partial charge in [-0.1, -0.05) is 30.3 Å². The fourth-order valence-corrected chi connectivity index (χ4v) is 4.30. The molecule has 0 aliphatic carbocycles. The van der Waals surface area contributed by atoms with Gasteiger partial charge in [-0.05, 0) is 36.1 Å². The van der Waals surface area contributed by atoms with Gasteiger partial charge >= 0.3 is 0 Å². The lowest BCUT2D eigenvalue weighted by molar-refractivity contribution is -0.0217. The van der Waals surface area contributed by atoms with Crippen molar-refractivity contribution in [3.05, 3.63) is 89.4 Å². The van der Waals surface area contributed by atoms with Gasteiger partial charge in [-0.3, -0.25) is 9.88 Å². The number of piperidine rings is 1. The summed E-state index contributed by atoms with van der Waals surface area (Å²) in [6, 6.07) is 13.8. The van der Waals surface area contributed by atoms with Crippen LogP contribution in [0.4, 0.5) is 8.78 Å². The number of ether oxygens (including phenoxy) is 1. The summed E-state index contributed by atoms with van der Waals surface area (Å²) < 4.78 is 34.5. The highest BCUT2D eigenvalue weighted by molar-refractivity contribution is 5.42. The van der Waals surface area contributed by atoms with E-state index in [4.69, 9.17) is 4.74 Å².